The van der Waals surface area contributed by atoms with Crippen LogP contribution in [-0.2, 0) is 6.61 Å². The van der Waals surface area contributed by atoms with E-state index in [2.05, 4.69) is 0 Å². The van der Waals surface area contributed by atoms with Gasteiger partial charge in [0, 0.05) is 5.56 Å². The van der Waals surface area contributed by atoms with Crippen LogP contribution in [0.25, 0.3) is 0 Å². The summed E-state index contributed by atoms with van der Waals surface area (Å²) in [5, 5.41) is 0.271. The molecule has 0 aliphatic heterocycles. The van der Waals surface area contributed by atoms with Gasteiger partial charge in [-0.25, -0.2) is 4.39 Å². The minimum atomic E-state index is -0.412. The van der Waals surface area contributed by atoms with Gasteiger partial charge in [0.25, 0.3) is 0 Å². The molecule has 0 saturated carbocycles. The smallest absolute Gasteiger partial charge is 0.172 e. The number of carbonyl (C=O) groups is 1. The molecule has 0 bridgehead atoms. The number of halogens is 2. The molecule has 0 saturated heterocycles. The molecular formula is C15H12ClFO3. The molecule has 2 aromatic carbocycles. The first kappa shape index (κ1) is 14.3. The summed E-state index contributed by atoms with van der Waals surface area (Å²) in [6.45, 7) is 0.111. The topological polar surface area (TPSA) is 35.5 Å². The molecule has 0 atom stereocenters. The molecule has 0 spiro atoms. The Morgan fingerprint density at radius 2 is 2.10 bits per heavy atom. The molecule has 0 fully saturated rings. The van der Waals surface area contributed by atoms with Crippen LogP contribution in [0.1, 0.15) is 15.9 Å². The Morgan fingerprint density at radius 1 is 1.30 bits per heavy atom. The van der Waals surface area contributed by atoms with E-state index < -0.39 is 5.82 Å². The fraction of sp³-hybridized carbons (Fsp3) is 0.133. The van der Waals surface area contributed by atoms with Crippen LogP contribution in [0.2, 0.25) is 5.02 Å². The maximum Gasteiger partial charge on any atom is 0.172 e. The van der Waals surface area contributed by atoms with Crippen molar-refractivity contribution in [1.82, 2.24) is 0 Å². The van der Waals surface area contributed by atoms with E-state index in [0.29, 0.717) is 28.9 Å². The normalized spacial score (nSPS) is 10.2. The first-order valence-corrected chi connectivity index (χ1v) is 6.22. The van der Waals surface area contributed by atoms with Crippen molar-refractivity contribution in [3.63, 3.8) is 0 Å². The Kier molecular flexibility index (Phi) is 4.58. The van der Waals surface area contributed by atoms with Crippen LogP contribution in [0, 0.1) is 5.82 Å². The fourth-order valence-corrected chi connectivity index (χ4v) is 1.95. The molecule has 0 aromatic heterocycles. The molecule has 0 aliphatic rings. The van der Waals surface area contributed by atoms with Gasteiger partial charge in [-0.3, -0.25) is 4.79 Å². The highest BCUT2D eigenvalue weighted by Crippen LogP contribution is 2.31. The van der Waals surface area contributed by atoms with Gasteiger partial charge >= 0.3 is 0 Å². The van der Waals surface area contributed by atoms with E-state index in [4.69, 9.17) is 21.1 Å². The summed E-state index contributed by atoms with van der Waals surface area (Å²) in [4.78, 5) is 11.0. The number of methoxy groups -OCH3 is 1. The summed E-state index contributed by atoms with van der Waals surface area (Å²) < 4.78 is 23.7. The van der Waals surface area contributed by atoms with E-state index in [1.54, 1.807) is 18.2 Å². The van der Waals surface area contributed by atoms with Crippen LogP contribution in [-0.4, -0.2) is 13.4 Å². The lowest BCUT2D eigenvalue weighted by atomic mass is 10.2. The number of ether oxygens (including phenoxy) is 2. The Hall–Kier alpha value is -2.07. The molecule has 0 unspecified atom stereocenters. The van der Waals surface area contributed by atoms with Crippen LogP contribution < -0.4 is 9.47 Å². The highest BCUT2D eigenvalue weighted by Gasteiger charge is 2.11. The Balaban J connectivity index is 2.24. The summed E-state index contributed by atoms with van der Waals surface area (Å²) in [7, 11) is 1.49. The third-order valence-electron chi connectivity index (χ3n) is 2.74. The second kappa shape index (κ2) is 6.39. The first-order valence-electron chi connectivity index (χ1n) is 5.84. The molecule has 0 heterocycles. The fourth-order valence-electron chi connectivity index (χ4n) is 1.73. The Bertz CT molecular complexity index is 629. The maximum absolute atomic E-state index is 13.0. The number of hydrogen-bond acceptors (Lipinski definition) is 3. The van der Waals surface area contributed by atoms with Gasteiger partial charge in [0.1, 0.15) is 12.4 Å². The minimum absolute atomic E-state index is 0.111. The van der Waals surface area contributed by atoms with Crippen LogP contribution in [0.5, 0.6) is 11.5 Å². The van der Waals surface area contributed by atoms with Gasteiger partial charge in [0.05, 0.1) is 17.7 Å². The maximum atomic E-state index is 13.0. The third-order valence-corrected chi connectivity index (χ3v) is 3.10. The third kappa shape index (κ3) is 3.08. The molecular weight excluding hydrogens is 283 g/mol. The molecule has 2 aromatic rings. The molecule has 0 N–H and O–H groups in total. The van der Waals surface area contributed by atoms with Gasteiger partial charge in [-0.15, -0.1) is 0 Å². The lowest BCUT2D eigenvalue weighted by Gasteiger charge is -2.13. The molecule has 0 amide bonds. The standard InChI is InChI=1S/C15H12ClFO3/c1-19-14-4-2-3-10(8-18)15(14)20-9-11-5-6-12(17)7-13(11)16/h2-8H,9H2,1H3. The van der Waals surface area contributed by atoms with E-state index in [1.807, 2.05) is 0 Å². The highest BCUT2D eigenvalue weighted by molar-refractivity contribution is 6.31. The van der Waals surface area contributed by atoms with Crippen LogP contribution in [0.3, 0.4) is 0 Å². The van der Waals surface area contributed by atoms with E-state index in [-0.39, 0.29) is 11.6 Å². The zero-order chi connectivity index (χ0) is 14.5. The van der Waals surface area contributed by atoms with Crippen molar-refractivity contribution in [2.75, 3.05) is 7.11 Å². The van der Waals surface area contributed by atoms with Gasteiger partial charge in [-0.05, 0) is 24.3 Å². The Labute approximate surface area is 120 Å². The number of aldehydes is 1. The molecule has 3 nitrogen and oxygen atoms in total. The summed E-state index contributed by atoms with van der Waals surface area (Å²) in [5.41, 5.74) is 0.999. The van der Waals surface area contributed by atoms with Gasteiger partial charge in [0.15, 0.2) is 17.8 Å². The van der Waals surface area contributed by atoms with Crippen LogP contribution in [0.15, 0.2) is 36.4 Å². The van der Waals surface area contributed by atoms with Crippen molar-refractivity contribution in [3.05, 3.63) is 58.4 Å². The van der Waals surface area contributed by atoms with Crippen molar-refractivity contribution < 1.29 is 18.7 Å². The van der Waals surface area contributed by atoms with Gasteiger partial charge in [0.2, 0.25) is 0 Å². The summed E-state index contributed by atoms with van der Waals surface area (Å²) in [6, 6.07) is 9.05. The first-order chi connectivity index (χ1) is 9.65. The molecule has 2 rings (SSSR count). The monoisotopic (exact) mass is 294 g/mol. The highest BCUT2D eigenvalue weighted by atomic mass is 35.5. The predicted molar refractivity (Wildman–Crippen MR) is 74.1 cm³/mol. The molecule has 20 heavy (non-hydrogen) atoms. The zero-order valence-electron chi connectivity index (χ0n) is 10.7. The van der Waals surface area contributed by atoms with E-state index >= 15 is 0 Å². The van der Waals surface area contributed by atoms with E-state index in [1.165, 1.54) is 25.3 Å². The molecule has 104 valence electrons. The summed E-state index contributed by atoms with van der Waals surface area (Å²) in [5.74, 6) is 0.378. The van der Waals surface area contributed by atoms with Crippen LogP contribution in [0.4, 0.5) is 4.39 Å². The van der Waals surface area contributed by atoms with Crippen molar-refractivity contribution in [1.29, 1.82) is 0 Å². The molecule has 0 radical (unpaired) electrons. The van der Waals surface area contributed by atoms with Crippen LogP contribution >= 0.6 is 11.6 Å². The zero-order valence-corrected chi connectivity index (χ0v) is 11.5. The van der Waals surface area contributed by atoms with Crippen molar-refractivity contribution >= 4 is 17.9 Å². The predicted octanol–water partition coefficient (Wildman–Crippen LogP) is 3.88. The number of hydrogen-bond donors (Lipinski definition) is 0. The second-order valence-corrected chi connectivity index (χ2v) is 4.43. The average molecular weight is 295 g/mol. The summed E-state index contributed by atoms with van der Waals surface area (Å²) >= 11 is 5.92. The van der Waals surface area contributed by atoms with E-state index in [0.717, 1.165) is 0 Å². The lowest BCUT2D eigenvalue weighted by Crippen LogP contribution is -2.01. The van der Waals surface area contributed by atoms with E-state index in [9.17, 15) is 9.18 Å². The van der Waals surface area contributed by atoms with Gasteiger partial charge < -0.3 is 9.47 Å². The van der Waals surface area contributed by atoms with Gasteiger partial charge in [-0.2, -0.15) is 0 Å². The SMILES string of the molecule is COc1cccc(C=O)c1OCc1ccc(F)cc1Cl. The van der Waals surface area contributed by atoms with Crippen molar-refractivity contribution in [2.45, 2.75) is 6.61 Å². The largest absolute Gasteiger partial charge is 0.493 e. The lowest BCUT2D eigenvalue weighted by molar-refractivity contribution is 0.111. The minimum Gasteiger partial charge on any atom is -0.493 e. The number of benzene rings is 2. The number of carbonyl (C=O) groups excluding carboxylic acids is 1. The average Bonchev–Trinajstić information content (AvgIpc) is 2.46. The second-order valence-electron chi connectivity index (χ2n) is 4.02. The van der Waals surface area contributed by atoms with Gasteiger partial charge in [-0.1, -0.05) is 23.7 Å². The number of rotatable bonds is 5. The molecule has 0 aliphatic carbocycles. The Morgan fingerprint density at radius 3 is 2.75 bits per heavy atom. The van der Waals surface area contributed by atoms with Crippen molar-refractivity contribution in [3.8, 4) is 11.5 Å². The molecule has 5 heteroatoms. The number of para-hydroxylation sites is 1. The summed E-state index contributed by atoms with van der Waals surface area (Å²) in [6.07, 6.45) is 0.685. The quantitative estimate of drug-likeness (QED) is 0.785. The van der Waals surface area contributed by atoms with Crippen molar-refractivity contribution in [2.24, 2.45) is 0 Å².